The van der Waals surface area contributed by atoms with E-state index in [9.17, 15) is 15.0 Å². The van der Waals surface area contributed by atoms with Crippen molar-refractivity contribution in [1.29, 1.82) is 0 Å². The van der Waals surface area contributed by atoms with Gasteiger partial charge in [-0.1, -0.05) is 116 Å². The summed E-state index contributed by atoms with van der Waals surface area (Å²) in [4.78, 5) is 11.6. The van der Waals surface area contributed by atoms with Crippen LogP contribution in [0.15, 0.2) is 11.6 Å². The summed E-state index contributed by atoms with van der Waals surface area (Å²) in [5.41, 5.74) is 0.864. The molecule has 0 saturated carbocycles. The molecule has 2 fully saturated rings. The van der Waals surface area contributed by atoms with Gasteiger partial charge in [-0.15, -0.1) is 0 Å². The van der Waals surface area contributed by atoms with Crippen LogP contribution in [0.25, 0.3) is 0 Å². The SMILES string of the molecule is CCCCCCCCCCC[C@H](O)[C@H]1CC[C@H]([C@H]2CC[C@H]([C@H](O)CCCCCCCCCCCC3=C[C@@H](C)OC3=O)O2)O1. The molecular weight excluding hydrogens is 540 g/mol. The predicted octanol–water partition coefficient (Wildman–Crippen LogP) is 8.89. The van der Waals surface area contributed by atoms with Crippen LogP contribution >= 0.6 is 0 Å². The van der Waals surface area contributed by atoms with Gasteiger partial charge in [0.05, 0.1) is 36.6 Å². The van der Waals surface area contributed by atoms with Crippen LogP contribution in [0.1, 0.15) is 174 Å². The average Bonchev–Trinajstić information content (AvgIpc) is 3.75. The Morgan fingerprint density at radius 3 is 1.49 bits per heavy atom. The standard InChI is InChI=1S/C37H66O6/c1-3-4-5-6-7-9-13-16-19-22-31(38)33-24-26-35(42-33)36-27-25-34(43-36)32(39)23-20-17-14-11-8-10-12-15-18-21-30-28-29(2)41-37(30)40/h28-29,31-36,38-39H,3-27H2,1-2H3/t29-,31+,32-,33-,34-,35-,36-/m1/s1. The zero-order valence-electron chi connectivity index (χ0n) is 27.8. The number of hydrogen-bond acceptors (Lipinski definition) is 6. The molecule has 2 N–H and O–H groups in total. The van der Waals surface area contributed by atoms with E-state index in [4.69, 9.17) is 14.2 Å². The van der Waals surface area contributed by atoms with Crippen molar-refractivity contribution in [3.8, 4) is 0 Å². The molecule has 0 aliphatic carbocycles. The van der Waals surface area contributed by atoms with Crippen molar-refractivity contribution in [2.45, 2.75) is 217 Å². The molecular formula is C37H66O6. The Balaban J connectivity index is 1.12. The number of cyclic esters (lactones) is 1. The van der Waals surface area contributed by atoms with E-state index >= 15 is 0 Å². The molecule has 0 spiro atoms. The largest absolute Gasteiger partial charge is 0.455 e. The fourth-order valence-corrected chi connectivity index (χ4v) is 7.25. The van der Waals surface area contributed by atoms with Crippen LogP contribution < -0.4 is 0 Å². The summed E-state index contributed by atoms with van der Waals surface area (Å²) in [7, 11) is 0. The minimum absolute atomic E-state index is 0.0501. The molecule has 43 heavy (non-hydrogen) atoms. The fourth-order valence-electron chi connectivity index (χ4n) is 7.25. The Morgan fingerprint density at radius 1 is 0.651 bits per heavy atom. The van der Waals surface area contributed by atoms with Crippen LogP contribution in [-0.4, -0.2) is 58.9 Å². The van der Waals surface area contributed by atoms with Gasteiger partial charge in [-0.05, 0) is 64.4 Å². The monoisotopic (exact) mass is 606 g/mol. The van der Waals surface area contributed by atoms with E-state index in [1.54, 1.807) is 0 Å². The topological polar surface area (TPSA) is 85.2 Å². The molecule has 250 valence electrons. The van der Waals surface area contributed by atoms with Crippen molar-refractivity contribution in [2.24, 2.45) is 0 Å². The second-order valence-electron chi connectivity index (χ2n) is 13.9. The highest BCUT2D eigenvalue weighted by molar-refractivity contribution is 5.90. The van der Waals surface area contributed by atoms with Crippen molar-refractivity contribution < 1.29 is 29.2 Å². The lowest BCUT2D eigenvalue weighted by molar-refractivity contribution is -0.139. The van der Waals surface area contributed by atoms with Crippen LogP contribution in [0.4, 0.5) is 0 Å². The average molecular weight is 607 g/mol. The number of aliphatic hydroxyl groups is 2. The van der Waals surface area contributed by atoms with Gasteiger partial charge in [-0.2, -0.15) is 0 Å². The van der Waals surface area contributed by atoms with Gasteiger partial charge >= 0.3 is 5.97 Å². The molecule has 3 rings (SSSR count). The molecule has 0 radical (unpaired) electrons. The lowest BCUT2D eigenvalue weighted by atomic mass is 10.00. The number of carbonyl (C=O) groups excluding carboxylic acids is 1. The highest BCUT2D eigenvalue weighted by atomic mass is 16.6. The number of rotatable bonds is 25. The molecule has 0 amide bonds. The number of hydrogen-bond donors (Lipinski definition) is 2. The van der Waals surface area contributed by atoms with Gasteiger partial charge in [-0.3, -0.25) is 0 Å². The second-order valence-corrected chi connectivity index (χ2v) is 13.9. The van der Waals surface area contributed by atoms with E-state index in [0.29, 0.717) is 0 Å². The Kier molecular flexibility index (Phi) is 18.5. The normalized spacial score (nSPS) is 27.0. The van der Waals surface area contributed by atoms with Crippen molar-refractivity contribution in [1.82, 2.24) is 0 Å². The molecule has 2 saturated heterocycles. The van der Waals surface area contributed by atoms with E-state index in [1.165, 1.54) is 96.3 Å². The maximum absolute atomic E-state index is 11.6. The maximum Gasteiger partial charge on any atom is 0.334 e. The van der Waals surface area contributed by atoms with Crippen LogP contribution in [-0.2, 0) is 19.0 Å². The van der Waals surface area contributed by atoms with E-state index in [-0.39, 0.29) is 48.7 Å². The quantitative estimate of drug-likeness (QED) is 0.0797. The van der Waals surface area contributed by atoms with Gasteiger partial charge in [0.2, 0.25) is 0 Å². The molecule has 0 bridgehead atoms. The molecule has 0 aromatic rings. The summed E-state index contributed by atoms with van der Waals surface area (Å²) in [6.07, 6.45) is 29.9. The van der Waals surface area contributed by atoms with Crippen LogP contribution in [0.5, 0.6) is 0 Å². The molecule has 0 unspecified atom stereocenters. The molecule has 0 aromatic carbocycles. The summed E-state index contributed by atoms with van der Waals surface area (Å²) in [5, 5.41) is 21.5. The van der Waals surface area contributed by atoms with E-state index < -0.39 is 0 Å². The number of aliphatic hydroxyl groups excluding tert-OH is 2. The summed E-state index contributed by atoms with van der Waals surface area (Å²) in [5.74, 6) is -0.122. The summed E-state index contributed by atoms with van der Waals surface area (Å²) >= 11 is 0. The lowest BCUT2D eigenvalue weighted by Crippen LogP contribution is -2.33. The number of ether oxygens (including phenoxy) is 3. The number of unbranched alkanes of at least 4 members (excludes halogenated alkanes) is 16. The van der Waals surface area contributed by atoms with Gasteiger partial charge in [0, 0.05) is 5.57 Å². The third-order valence-corrected chi connectivity index (χ3v) is 9.98. The summed E-state index contributed by atoms with van der Waals surface area (Å²) < 4.78 is 17.7. The van der Waals surface area contributed by atoms with Crippen molar-refractivity contribution >= 4 is 5.97 Å². The minimum atomic E-state index is -0.380. The smallest absolute Gasteiger partial charge is 0.334 e. The highest BCUT2D eigenvalue weighted by Gasteiger charge is 2.40. The van der Waals surface area contributed by atoms with Gasteiger partial charge in [0.25, 0.3) is 0 Å². The first-order valence-corrected chi connectivity index (χ1v) is 18.6. The number of carbonyl (C=O) groups is 1. The Bertz CT molecular complexity index is 768. The Hall–Kier alpha value is -0.950. The molecule has 7 atom stereocenters. The second kappa shape index (κ2) is 21.7. The van der Waals surface area contributed by atoms with Gasteiger partial charge in [-0.25, -0.2) is 4.79 Å². The van der Waals surface area contributed by atoms with Gasteiger partial charge in [0.15, 0.2) is 0 Å². The predicted molar refractivity (Wildman–Crippen MR) is 174 cm³/mol. The molecule has 6 nitrogen and oxygen atoms in total. The molecule has 6 heteroatoms. The third kappa shape index (κ3) is 14.3. The van der Waals surface area contributed by atoms with E-state index in [0.717, 1.165) is 69.8 Å². The van der Waals surface area contributed by atoms with E-state index in [1.807, 2.05) is 13.0 Å². The van der Waals surface area contributed by atoms with Crippen LogP contribution in [0.3, 0.4) is 0 Å². The lowest BCUT2D eigenvalue weighted by Gasteiger charge is -2.24. The number of esters is 1. The van der Waals surface area contributed by atoms with Crippen LogP contribution in [0.2, 0.25) is 0 Å². The third-order valence-electron chi connectivity index (χ3n) is 9.98. The Labute approximate surface area is 263 Å². The van der Waals surface area contributed by atoms with Gasteiger partial charge in [0.1, 0.15) is 6.10 Å². The molecule has 3 heterocycles. The maximum atomic E-state index is 11.6. The van der Waals surface area contributed by atoms with Crippen LogP contribution in [0, 0.1) is 0 Å². The van der Waals surface area contributed by atoms with Crippen molar-refractivity contribution in [2.75, 3.05) is 0 Å². The summed E-state index contributed by atoms with van der Waals surface area (Å²) in [6, 6.07) is 0. The Morgan fingerprint density at radius 2 is 1.07 bits per heavy atom. The molecule has 0 aromatic heterocycles. The summed E-state index contributed by atoms with van der Waals surface area (Å²) in [6.45, 7) is 4.18. The first-order chi connectivity index (χ1) is 21.0. The first-order valence-electron chi connectivity index (χ1n) is 18.6. The van der Waals surface area contributed by atoms with Crippen molar-refractivity contribution in [3.05, 3.63) is 11.6 Å². The van der Waals surface area contributed by atoms with Gasteiger partial charge < -0.3 is 24.4 Å². The zero-order valence-corrected chi connectivity index (χ0v) is 27.8. The molecule has 3 aliphatic heterocycles. The highest BCUT2D eigenvalue weighted by Crippen LogP contribution is 2.34. The zero-order chi connectivity index (χ0) is 30.7. The fraction of sp³-hybridized carbons (Fsp3) is 0.919. The van der Waals surface area contributed by atoms with Crippen molar-refractivity contribution in [3.63, 3.8) is 0 Å². The molecule has 3 aliphatic rings. The minimum Gasteiger partial charge on any atom is -0.455 e. The van der Waals surface area contributed by atoms with E-state index in [2.05, 4.69) is 6.92 Å². The first kappa shape index (κ1) is 36.5.